The molecule has 0 saturated carbocycles. The second kappa shape index (κ2) is 14.9. The van der Waals surface area contributed by atoms with Gasteiger partial charge in [-0.2, -0.15) is 0 Å². The van der Waals surface area contributed by atoms with E-state index in [2.05, 4.69) is 5.32 Å². The van der Waals surface area contributed by atoms with Crippen molar-refractivity contribution in [3.8, 4) is 11.5 Å². The zero-order valence-corrected chi connectivity index (χ0v) is 24.6. The van der Waals surface area contributed by atoms with Gasteiger partial charge in [0.15, 0.2) is 0 Å². The van der Waals surface area contributed by atoms with Gasteiger partial charge in [0.25, 0.3) is 0 Å². The van der Waals surface area contributed by atoms with E-state index >= 15 is 0 Å². The Morgan fingerprint density at radius 1 is 0.977 bits per heavy atom. The fourth-order valence-electron chi connectivity index (χ4n) is 5.79. The van der Waals surface area contributed by atoms with Gasteiger partial charge in [-0.1, -0.05) is 48.5 Å². The molecule has 9 heteroatoms. The molecule has 2 amide bonds. The van der Waals surface area contributed by atoms with Crippen LogP contribution in [0.25, 0.3) is 0 Å². The Morgan fingerprint density at radius 3 is 2.60 bits per heavy atom. The number of hydrogen-bond donors (Lipinski definition) is 2. The molecule has 0 spiro atoms. The molecule has 0 aromatic heterocycles. The molecule has 43 heavy (non-hydrogen) atoms. The number of ether oxygens (including phenoxy) is 4. The minimum atomic E-state index is -0.941. The number of rotatable bonds is 12. The first-order valence-electron chi connectivity index (χ1n) is 14.9. The Balaban J connectivity index is 1.15. The van der Waals surface area contributed by atoms with E-state index in [1.165, 1.54) is 4.90 Å². The first-order chi connectivity index (χ1) is 21.0. The number of piperidine rings is 1. The highest BCUT2D eigenvalue weighted by Crippen LogP contribution is 2.34. The van der Waals surface area contributed by atoms with E-state index in [1.54, 1.807) is 7.11 Å². The molecule has 2 aliphatic rings. The minimum Gasteiger partial charge on any atom is -0.496 e. The van der Waals surface area contributed by atoms with Gasteiger partial charge in [-0.15, -0.1) is 0 Å². The van der Waals surface area contributed by atoms with Gasteiger partial charge in [0.05, 0.1) is 46.2 Å². The Kier molecular flexibility index (Phi) is 10.5. The quantitative estimate of drug-likeness (QED) is 0.250. The normalized spacial score (nSPS) is 18.3. The zero-order chi connectivity index (χ0) is 30.0. The summed E-state index contributed by atoms with van der Waals surface area (Å²) in [6.45, 7) is 2.62. The monoisotopic (exact) mass is 588 g/mol. The van der Waals surface area contributed by atoms with Crippen molar-refractivity contribution in [1.82, 2.24) is 4.90 Å². The van der Waals surface area contributed by atoms with Gasteiger partial charge in [0, 0.05) is 42.1 Å². The van der Waals surface area contributed by atoms with Crippen molar-refractivity contribution >= 4 is 17.7 Å². The third kappa shape index (κ3) is 8.06. The number of nitrogens with zero attached hydrogens (tertiary/aromatic N) is 1. The van der Waals surface area contributed by atoms with E-state index in [-0.39, 0.29) is 24.5 Å². The van der Waals surface area contributed by atoms with E-state index < -0.39 is 6.09 Å². The maximum absolute atomic E-state index is 12.2. The molecule has 2 unspecified atom stereocenters. The van der Waals surface area contributed by atoms with Crippen LogP contribution in [0.1, 0.15) is 53.9 Å². The van der Waals surface area contributed by atoms with E-state index in [0.29, 0.717) is 45.8 Å². The molecule has 0 radical (unpaired) electrons. The fraction of sp³-hybridized carbons (Fsp3) is 0.412. The van der Waals surface area contributed by atoms with Crippen LogP contribution in [0.5, 0.6) is 11.5 Å². The average molecular weight is 589 g/mol. The van der Waals surface area contributed by atoms with Crippen LogP contribution in [0.3, 0.4) is 0 Å². The number of carbonyl (C=O) groups is 2. The molecule has 0 bridgehead atoms. The molecule has 1 fully saturated rings. The molecule has 1 saturated heterocycles. The number of likely N-dealkylation sites (tertiary alicyclic amines) is 1. The Hall–Kier alpha value is -4.08. The van der Waals surface area contributed by atoms with Crippen LogP contribution in [-0.4, -0.2) is 61.5 Å². The lowest BCUT2D eigenvalue weighted by Crippen LogP contribution is -2.46. The third-order valence-electron chi connectivity index (χ3n) is 8.09. The molecule has 3 aromatic carbocycles. The molecule has 2 atom stereocenters. The molecule has 5 rings (SSSR count). The van der Waals surface area contributed by atoms with Gasteiger partial charge >= 0.3 is 6.09 Å². The maximum atomic E-state index is 12.2. The number of benzene rings is 3. The van der Waals surface area contributed by atoms with Crippen LogP contribution in [0.4, 0.5) is 10.5 Å². The smallest absolute Gasteiger partial charge is 0.407 e. The number of para-hydroxylation sites is 2. The second-order valence-electron chi connectivity index (χ2n) is 11.0. The van der Waals surface area contributed by atoms with Crippen LogP contribution in [-0.2, 0) is 33.9 Å². The zero-order valence-electron chi connectivity index (χ0n) is 24.6. The summed E-state index contributed by atoms with van der Waals surface area (Å²) in [5.74, 6) is 1.64. The van der Waals surface area contributed by atoms with Gasteiger partial charge in [-0.25, -0.2) is 4.79 Å². The number of carboxylic acid groups (broad SMARTS) is 1. The first-order valence-corrected chi connectivity index (χ1v) is 14.9. The van der Waals surface area contributed by atoms with Crippen molar-refractivity contribution < 1.29 is 33.6 Å². The van der Waals surface area contributed by atoms with E-state index in [1.807, 2.05) is 66.7 Å². The summed E-state index contributed by atoms with van der Waals surface area (Å²) >= 11 is 0. The molecular formula is C34H40N2O7. The van der Waals surface area contributed by atoms with Crippen LogP contribution in [0, 0.1) is 0 Å². The van der Waals surface area contributed by atoms with E-state index in [0.717, 1.165) is 58.7 Å². The summed E-state index contributed by atoms with van der Waals surface area (Å²) in [5, 5.41) is 12.7. The predicted molar refractivity (Wildman–Crippen MR) is 163 cm³/mol. The summed E-state index contributed by atoms with van der Waals surface area (Å²) in [6.07, 6.45) is 2.31. The highest BCUT2D eigenvalue weighted by molar-refractivity contribution is 5.93. The van der Waals surface area contributed by atoms with Crippen molar-refractivity contribution in [2.75, 3.05) is 38.7 Å². The minimum absolute atomic E-state index is 0.0153. The summed E-state index contributed by atoms with van der Waals surface area (Å²) in [7, 11) is 1.66. The SMILES string of the molecule is COc1ccccc1COCCCOc1ccc(C2CCN(C(=O)O)CC2OCc2cccc3c2NC(=O)CCC3)cc1. The topological polar surface area (TPSA) is 107 Å². The van der Waals surface area contributed by atoms with Crippen molar-refractivity contribution in [1.29, 1.82) is 0 Å². The lowest BCUT2D eigenvalue weighted by molar-refractivity contribution is -0.116. The summed E-state index contributed by atoms with van der Waals surface area (Å²) in [6, 6.07) is 21.8. The standard InChI is InChI=1S/C34H40N2O7/c1-40-30-11-3-2-7-26(30)22-41-19-6-20-42-28-15-13-24(14-16-28)29-17-18-36(34(38)39)21-31(29)43-23-27-10-4-8-25-9-5-12-32(37)35-33(25)27/h2-4,7-8,10-11,13-16,29,31H,5-6,9,12,17-23H2,1H3,(H,35,37)(H,38,39). The fourth-order valence-corrected chi connectivity index (χ4v) is 5.79. The molecule has 2 N–H and O–H groups in total. The number of nitrogens with one attached hydrogen (secondary N) is 1. The number of hydrogen-bond acceptors (Lipinski definition) is 6. The van der Waals surface area contributed by atoms with Crippen LogP contribution in [0.2, 0.25) is 0 Å². The number of carbonyl (C=O) groups excluding carboxylic acids is 1. The number of amides is 2. The van der Waals surface area contributed by atoms with Crippen molar-refractivity contribution in [2.45, 2.75) is 57.3 Å². The largest absolute Gasteiger partial charge is 0.496 e. The van der Waals surface area contributed by atoms with Gasteiger partial charge < -0.3 is 34.3 Å². The lowest BCUT2D eigenvalue weighted by atomic mass is 9.87. The Bertz CT molecular complexity index is 1380. The molecular weight excluding hydrogens is 548 g/mol. The number of methoxy groups -OCH3 is 1. The number of fused-ring (bicyclic) bond motifs is 1. The van der Waals surface area contributed by atoms with Crippen molar-refractivity contribution in [3.05, 3.63) is 89.0 Å². The summed E-state index contributed by atoms with van der Waals surface area (Å²) in [4.78, 5) is 25.4. The molecule has 9 nitrogen and oxygen atoms in total. The van der Waals surface area contributed by atoms with Gasteiger partial charge in [-0.05, 0) is 48.6 Å². The predicted octanol–water partition coefficient (Wildman–Crippen LogP) is 6.01. The van der Waals surface area contributed by atoms with E-state index in [4.69, 9.17) is 18.9 Å². The first kappa shape index (κ1) is 30.4. The third-order valence-corrected chi connectivity index (χ3v) is 8.09. The number of aryl methyl sites for hydroxylation is 1. The van der Waals surface area contributed by atoms with Crippen molar-refractivity contribution in [3.63, 3.8) is 0 Å². The molecule has 2 heterocycles. The van der Waals surface area contributed by atoms with Crippen LogP contribution >= 0.6 is 0 Å². The second-order valence-corrected chi connectivity index (χ2v) is 11.0. The molecule has 228 valence electrons. The number of anilines is 1. The van der Waals surface area contributed by atoms with Crippen LogP contribution in [0.15, 0.2) is 66.7 Å². The van der Waals surface area contributed by atoms with E-state index in [9.17, 15) is 14.7 Å². The lowest BCUT2D eigenvalue weighted by Gasteiger charge is -2.37. The van der Waals surface area contributed by atoms with Gasteiger partial charge in [-0.3, -0.25) is 4.79 Å². The average Bonchev–Trinajstić information content (AvgIpc) is 3.23. The van der Waals surface area contributed by atoms with Gasteiger partial charge in [0.1, 0.15) is 11.5 Å². The maximum Gasteiger partial charge on any atom is 0.407 e. The van der Waals surface area contributed by atoms with Crippen LogP contribution < -0.4 is 14.8 Å². The van der Waals surface area contributed by atoms with Crippen molar-refractivity contribution in [2.24, 2.45) is 0 Å². The molecule has 3 aromatic rings. The highest BCUT2D eigenvalue weighted by Gasteiger charge is 2.33. The summed E-state index contributed by atoms with van der Waals surface area (Å²) < 4.78 is 23.5. The molecule has 2 aliphatic heterocycles. The molecule has 0 aliphatic carbocycles. The highest BCUT2D eigenvalue weighted by atomic mass is 16.5. The summed E-state index contributed by atoms with van der Waals surface area (Å²) in [5.41, 5.74) is 4.96. The Labute approximate surface area is 252 Å². The Morgan fingerprint density at radius 2 is 1.79 bits per heavy atom. The van der Waals surface area contributed by atoms with Gasteiger partial charge in [0.2, 0.25) is 5.91 Å².